The minimum atomic E-state index is -1.32. The number of methoxy groups -OCH3 is 1. The van der Waals surface area contributed by atoms with Gasteiger partial charge in [0.05, 0.1) is 18.5 Å². The number of aromatic nitrogens is 1. The second-order valence-corrected chi connectivity index (χ2v) is 12.8. The Hall–Kier alpha value is -3.43. The van der Waals surface area contributed by atoms with Crippen LogP contribution in [0.25, 0.3) is 0 Å². The van der Waals surface area contributed by atoms with Crippen LogP contribution in [0.1, 0.15) is 67.2 Å². The summed E-state index contributed by atoms with van der Waals surface area (Å²) in [6, 6.07) is 13.1. The molecule has 4 rings (SSSR count). The van der Waals surface area contributed by atoms with Gasteiger partial charge in [0.1, 0.15) is 22.5 Å². The van der Waals surface area contributed by atoms with Gasteiger partial charge in [0.2, 0.25) is 0 Å². The van der Waals surface area contributed by atoms with Crippen LogP contribution in [-0.4, -0.2) is 41.6 Å². The zero-order valence-corrected chi connectivity index (χ0v) is 25.7. The predicted molar refractivity (Wildman–Crippen MR) is 167 cm³/mol. The molecule has 2 atom stereocenters. The molecule has 9 heteroatoms. The number of rotatable bonds is 9. The summed E-state index contributed by atoms with van der Waals surface area (Å²) in [7, 11) is 0.210. The summed E-state index contributed by atoms with van der Waals surface area (Å²) < 4.78 is 26.8. The Labute approximate surface area is 246 Å². The largest absolute Gasteiger partial charge is 0.492 e. The second-order valence-electron chi connectivity index (χ2n) is 11.7. The molecule has 3 aromatic rings. The van der Waals surface area contributed by atoms with Crippen molar-refractivity contribution in [3.8, 4) is 17.2 Å². The lowest BCUT2D eigenvalue weighted by Gasteiger charge is -2.24. The van der Waals surface area contributed by atoms with Crippen LogP contribution >= 0.6 is 0 Å². The molecule has 0 spiro atoms. The Balaban J connectivity index is 1.56. The molecule has 0 bridgehead atoms. The average Bonchev–Trinajstić information content (AvgIpc) is 3.18. The fourth-order valence-corrected chi connectivity index (χ4v) is 5.46. The van der Waals surface area contributed by atoms with Crippen molar-refractivity contribution in [2.24, 2.45) is 5.92 Å². The van der Waals surface area contributed by atoms with Gasteiger partial charge in [-0.15, -0.1) is 0 Å². The number of ether oxygens (including phenoxy) is 2. The molecule has 0 saturated carbocycles. The van der Waals surface area contributed by atoms with Crippen molar-refractivity contribution in [2.75, 3.05) is 36.5 Å². The number of carbonyl (C=O) groups excluding carboxylic acids is 1. The first kappa shape index (κ1) is 30.5. The number of hydrogen-bond acceptors (Lipinski definition) is 6. The standard InChI is InChI=1S/C32H42N4O4S/c1-21-9-10-23(17-29(21)40-26-12-15-34-25(20-26)16-22-8-7-13-33-14-11-22)31(37)35-27-18-24(32(2,3)4)19-28(30(27)39-5)36-41(6)38/h9-10,12,15,17-20,22,33,36H,7-8,11,13-14,16H2,1-6H3,(H,35,37). The summed E-state index contributed by atoms with van der Waals surface area (Å²) in [5.41, 5.74) is 4.18. The quantitative estimate of drug-likeness (QED) is 0.272. The summed E-state index contributed by atoms with van der Waals surface area (Å²) in [6.07, 6.45) is 7.81. The fourth-order valence-electron chi connectivity index (χ4n) is 5.00. The molecule has 1 amide bonds. The molecular formula is C32H42N4O4S. The zero-order valence-electron chi connectivity index (χ0n) is 24.9. The van der Waals surface area contributed by atoms with Crippen LogP contribution in [0, 0.1) is 12.8 Å². The molecule has 1 aromatic heterocycles. The second kappa shape index (κ2) is 13.5. The van der Waals surface area contributed by atoms with E-state index in [4.69, 9.17) is 9.47 Å². The van der Waals surface area contributed by atoms with Crippen molar-refractivity contribution in [1.29, 1.82) is 0 Å². The van der Waals surface area contributed by atoms with Crippen molar-refractivity contribution in [3.63, 3.8) is 0 Å². The van der Waals surface area contributed by atoms with Crippen molar-refractivity contribution in [3.05, 3.63) is 71.0 Å². The SMILES string of the molecule is COc1c(NC(=O)c2ccc(C)c(Oc3ccnc(CC4CCCNCC4)c3)c2)cc(C(C)(C)C)cc1NS(C)=O. The Bertz CT molecular complexity index is 1390. The fraction of sp³-hybridized carbons (Fsp3) is 0.438. The van der Waals surface area contributed by atoms with Crippen LogP contribution in [0.4, 0.5) is 11.4 Å². The van der Waals surface area contributed by atoms with Gasteiger partial charge in [-0.1, -0.05) is 26.8 Å². The van der Waals surface area contributed by atoms with Gasteiger partial charge < -0.3 is 24.8 Å². The van der Waals surface area contributed by atoms with E-state index >= 15 is 0 Å². The van der Waals surface area contributed by atoms with Crippen LogP contribution < -0.4 is 24.8 Å². The zero-order chi connectivity index (χ0) is 29.6. The number of anilines is 2. The van der Waals surface area contributed by atoms with Gasteiger partial charge in [0.25, 0.3) is 5.91 Å². The Morgan fingerprint density at radius 3 is 2.61 bits per heavy atom. The lowest BCUT2D eigenvalue weighted by atomic mass is 9.86. The number of nitrogens with zero attached hydrogens (tertiary/aromatic N) is 1. The molecule has 0 aliphatic carbocycles. The van der Waals surface area contributed by atoms with Crippen molar-refractivity contribution >= 4 is 28.3 Å². The molecule has 2 aromatic carbocycles. The maximum Gasteiger partial charge on any atom is 0.255 e. The van der Waals surface area contributed by atoms with Crippen LogP contribution in [0.15, 0.2) is 48.7 Å². The van der Waals surface area contributed by atoms with E-state index in [-0.39, 0.29) is 11.3 Å². The van der Waals surface area contributed by atoms with Gasteiger partial charge in [-0.05, 0) is 98.5 Å². The number of nitrogens with one attached hydrogen (secondary N) is 3. The van der Waals surface area contributed by atoms with E-state index in [1.165, 1.54) is 20.0 Å². The number of benzene rings is 2. The highest BCUT2D eigenvalue weighted by Crippen LogP contribution is 2.39. The summed E-state index contributed by atoms with van der Waals surface area (Å²) in [4.78, 5) is 18.1. The molecule has 220 valence electrons. The molecule has 1 saturated heterocycles. The number of amides is 1. The number of carbonyl (C=O) groups is 1. The van der Waals surface area contributed by atoms with Crippen molar-refractivity contribution in [1.82, 2.24) is 10.3 Å². The summed E-state index contributed by atoms with van der Waals surface area (Å²) in [5.74, 6) is 2.03. The van der Waals surface area contributed by atoms with Gasteiger partial charge in [-0.25, -0.2) is 4.21 Å². The van der Waals surface area contributed by atoms with Gasteiger partial charge in [0, 0.05) is 29.8 Å². The number of aryl methyl sites for hydroxylation is 1. The van der Waals surface area contributed by atoms with E-state index in [9.17, 15) is 9.00 Å². The maximum absolute atomic E-state index is 13.5. The Morgan fingerprint density at radius 1 is 1.10 bits per heavy atom. The van der Waals surface area contributed by atoms with Gasteiger partial charge >= 0.3 is 0 Å². The third kappa shape index (κ3) is 8.30. The number of pyridine rings is 1. The van der Waals surface area contributed by atoms with E-state index in [1.54, 1.807) is 24.6 Å². The highest BCUT2D eigenvalue weighted by atomic mass is 32.2. The minimum absolute atomic E-state index is 0.210. The topological polar surface area (TPSA) is 102 Å². The minimum Gasteiger partial charge on any atom is -0.492 e. The molecule has 3 N–H and O–H groups in total. The lowest BCUT2D eigenvalue weighted by molar-refractivity contribution is 0.102. The molecule has 1 aliphatic heterocycles. The first-order chi connectivity index (χ1) is 19.5. The summed E-state index contributed by atoms with van der Waals surface area (Å²) in [5, 5.41) is 6.47. The molecule has 2 unspecified atom stereocenters. The van der Waals surface area contributed by atoms with Crippen LogP contribution in [0.2, 0.25) is 0 Å². The molecule has 8 nitrogen and oxygen atoms in total. The van der Waals surface area contributed by atoms with Crippen LogP contribution in [-0.2, 0) is 22.8 Å². The summed E-state index contributed by atoms with van der Waals surface area (Å²) in [6.45, 7) is 10.3. The average molecular weight is 579 g/mol. The van der Waals surface area contributed by atoms with E-state index in [1.807, 2.05) is 37.3 Å². The van der Waals surface area contributed by atoms with Gasteiger partial charge in [-0.2, -0.15) is 0 Å². The van der Waals surface area contributed by atoms with Crippen LogP contribution in [0.5, 0.6) is 17.2 Å². The molecule has 1 aliphatic rings. The van der Waals surface area contributed by atoms with Crippen LogP contribution in [0.3, 0.4) is 0 Å². The van der Waals surface area contributed by atoms with Gasteiger partial charge in [-0.3, -0.25) is 9.78 Å². The lowest BCUT2D eigenvalue weighted by Crippen LogP contribution is -2.17. The normalized spacial score (nSPS) is 16.4. The van der Waals surface area contributed by atoms with E-state index in [0.29, 0.717) is 40.1 Å². The molecule has 2 heterocycles. The predicted octanol–water partition coefficient (Wildman–Crippen LogP) is 6.38. The molecule has 0 radical (unpaired) electrons. The van der Waals surface area contributed by atoms with E-state index < -0.39 is 11.0 Å². The summed E-state index contributed by atoms with van der Waals surface area (Å²) >= 11 is 0. The Kier molecular flexibility index (Phi) is 10.0. The molecule has 1 fully saturated rings. The molecular weight excluding hydrogens is 536 g/mol. The third-order valence-corrected chi connectivity index (χ3v) is 7.83. The highest BCUT2D eigenvalue weighted by molar-refractivity contribution is 7.85. The highest BCUT2D eigenvalue weighted by Gasteiger charge is 2.22. The maximum atomic E-state index is 13.5. The van der Waals surface area contributed by atoms with Crippen molar-refractivity contribution < 1.29 is 18.5 Å². The third-order valence-electron chi connectivity index (χ3n) is 7.32. The monoisotopic (exact) mass is 578 g/mol. The first-order valence-electron chi connectivity index (χ1n) is 14.1. The molecule has 41 heavy (non-hydrogen) atoms. The van der Waals surface area contributed by atoms with Crippen molar-refractivity contribution in [2.45, 2.75) is 58.8 Å². The number of hydrogen-bond donors (Lipinski definition) is 3. The van der Waals surface area contributed by atoms with E-state index in [0.717, 1.165) is 42.8 Å². The van der Waals surface area contributed by atoms with E-state index in [2.05, 4.69) is 41.1 Å². The smallest absolute Gasteiger partial charge is 0.255 e. The first-order valence-corrected chi connectivity index (χ1v) is 15.7. The van der Waals surface area contributed by atoms with Gasteiger partial charge in [0.15, 0.2) is 5.75 Å². The Morgan fingerprint density at radius 2 is 1.88 bits per heavy atom.